The first-order valence-corrected chi connectivity index (χ1v) is 17.2. The third kappa shape index (κ3) is 7.39. The molecule has 1 aromatic heterocycles. The molecule has 2 saturated heterocycles. The van der Waals surface area contributed by atoms with Crippen molar-refractivity contribution in [1.29, 1.82) is 0 Å². The molecular weight excluding hydrogens is 713 g/mol. The van der Waals surface area contributed by atoms with Crippen LogP contribution < -0.4 is 20.7 Å². The van der Waals surface area contributed by atoms with E-state index in [2.05, 4.69) is 4.98 Å². The predicted octanol–water partition coefficient (Wildman–Crippen LogP) is 2.57. The van der Waals surface area contributed by atoms with Crippen LogP contribution in [-0.2, 0) is 19.9 Å². The Morgan fingerprint density at radius 3 is 1.93 bits per heavy atom. The third-order valence-corrected chi connectivity index (χ3v) is 10.0. The van der Waals surface area contributed by atoms with Crippen LogP contribution in [0.25, 0.3) is 0 Å². The standard InChI is InChI=1S/C38H41F3N4O9/c1-24-21-45(35(50)42-32(24)48)33-30(46)31(47)36(54-33,22-43-17-19-44(20-18-43)34(49)38(39,40)41)23-53-37(25-7-5-4-6-8-25,26-9-13-28(51-2)14-10-26)27-11-15-29(52-3)16-12-27/h4-16,21,30-31,33,46-47H,17-20,22-23H2,1-3H3,(H,42,48,50)/t30-,31-,33-,36-/m1/s1. The maximum absolute atomic E-state index is 13.3. The summed E-state index contributed by atoms with van der Waals surface area (Å²) in [6, 6.07) is 23.6. The highest BCUT2D eigenvalue weighted by molar-refractivity contribution is 5.82. The summed E-state index contributed by atoms with van der Waals surface area (Å²) >= 11 is 0. The molecule has 3 N–H and O–H groups in total. The molecular formula is C38H41F3N4O9. The van der Waals surface area contributed by atoms with Gasteiger partial charge in [0.15, 0.2) is 6.23 Å². The summed E-state index contributed by atoms with van der Waals surface area (Å²) in [4.78, 5) is 41.8. The number of H-pyrrole nitrogens is 1. The van der Waals surface area contributed by atoms with E-state index in [1.54, 1.807) is 29.2 Å². The fraction of sp³-hybridized carbons (Fsp3) is 0.395. The van der Waals surface area contributed by atoms with Crippen molar-refractivity contribution >= 4 is 5.91 Å². The number of nitrogens with zero attached hydrogens (tertiary/aromatic N) is 3. The van der Waals surface area contributed by atoms with Crippen LogP contribution in [0.15, 0.2) is 94.6 Å². The van der Waals surface area contributed by atoms with Crippen molar-refractivity contribution < 1.29 is 47.1 Å². The number of nitrogens with one attached hydrogen (secondary N) is 1. The lowest BCUT2D eigenvalue weighted by Crippen LogP contribution is -2.60. The monoisotopic (exact) mass is 754 g/mol. The summed E-state index contributed by atoms with van der Waals surface area (Å²) in [5.74, 6) is -0.790. The first kappa shape index (κ1) is 38.7. The molecule has 0 unspecified atom stereocenters. The molecule has 1 amide bonds. The van der Waals surface area contributed by atoms with Gasteiger partial charge in [-0.1, -0.05) is 54.6 Å². The molecule has 4 atom stereocenters. The van der Waals surface area contributed by atoms with E-state index in [4.69, 9.17) is 18.9 Å². The molecule has 3 heterocycles. The predicted molar refractivity (Wildman–Crippen MR) is 188 cm³/mol. The lowest BCUT2D eigenvalue weighted by molar-refractivity contribution is -0.189. The molecule has 0 saturated carbocycles. The zero-order valence-electron chi connectivity index (χ0n) is 29.8. The fourth-order valence-electron chi connectivity index (χ4n) is 7.11. The van der Waals surface area contributed by atoms with Gasteiger partial charge in [0, 0.05) is 44.5 Å². The maximum Gasteiger partial charge on any atom is 0.471 e. The number of aryl methyl sites for hydroxylation is 1. The minimum atomic E-state index is -5.04. The Morgan fingerprint density at radius 2 is 1.41 bits per heavy atom. The van der Waals surface area contributed by atoms with Gasteiger partial charge < -0.3 is 34.1 Å². The lowest BCUT2D eigenvalue weighted by atomic mass is 9.79. The van der Waals surface area contributed by atoms with Crippen LogP contribution in [0.5, 0.6) is 11.5 Å². The van der Waals surface area contributed by atoms with Crippen LogP contribution in [0.2, 0.25) is 0 Å². The third-order valence-electron chi connectivity index (χ3n) is 10.0. The number of aromatic nitrogens is 2. The van der Waals surface area contributed by atoms with Gasteiger partial charge in [0.1, 0.15) is 34.9 Å². The Balaban J connectivity index is 1.45. The number of rotatable bonds is 11. The fourth-order valence-corrected chi connectivity index (χ4v) is 7.11. The molecule has 288 valence electrons. The van der Waals surface area contributed by atoms with Gasteiger partial charge in [-0.2, -0.15) is 13.2 Å². The molecule has 13 nitrogen and oxygen atoms in total. The van der Waals surface area contributed by atoms with Crippen molar-refractivity contribution in [3.05, 3.63) is 128 Å². The Bertz CT molecular complexity index is 1990. The second kappa shape index (κ2) is 15.4. The quantitative estimate of drug-likeness (QED) is 0.195. The Labute approximate surface area is 308 Å². The number of hydrogen-bond donors (Lipinski definition) is 3. The number of hydrogen-bond acceptors (Lipinski definition) is 10. The van der Waals surface area contributed by atoms with Crippen molar-refractivity contribution in [1.82, 2.24) is 19.4 Å². The van der Waals surface area contributed by atoms with E-state index in [1.165, 1.54) is 27.3 Å². The highest BCUT2D eigenvalue weighted by Crippen LogP contribution is 2.45. The van der Waals surface area contributed by atoms with Crippen molar-refractivity contribution in [2.75, 3.05) is 53.6 Å². The van der Waals surface area contributed by atoms with Crippen molar-refractivity contribution in [2.24, 2.45) is 0 Å². The molecule has 0 radical (unpaired) electrons. The number of halogens is 3. The minimum absolute atomic E-state index is 0.0289. The van der Waals surface area contributed by atoms with Crippen LogP contribution in [0.3, 0.4) is 0 Å². The summed E-state index contributed by atoms with van der Waals surface area (Å²) in [6.07, 6.45) is -8.78. The van der Waals surface area contributed by atoms with E-state index >= 15 is 0 Å². The topological polar surface area (TPSA) is 156 Å². The number of alkyl halides is 3. The summed E-state index contributed by atoms with van der Waals surface area (Å²) in [5, 5.41) is 23.5. The summed E-state index contributed by atoms with van der Waals surface area (Å²) in [7, 11) is 3.08. The average molecular weight is 755 g/mol. The first-order chi connectivity index (χ1) is 25.7. The van der Waals surface area contributed by atoms with Gasteiger partial charge >= 0.3 is 17.8 Å². The molecule has 2 fully saturated rings. The number of benzene rings is 3. The molecule has 2 aliphatic rings. The largest absolute Gasteiger partial charge is 0.497 e. The molecule has 0 bridgehead atoms. The van der Waals surface area contributed by atoms with Gasteiger partial charge in [0.25, 0.3) is 5.56 Å². The smallest absolute Gasteiger partial charge is 0.471 e. The van der Waals surface area contributed by atoms with Gasteiger partial charge in [-0.25, -0.2) is 4.79 Å². The van der Waals surface area contributed by atoms with Crippen molar-refractivity contribution in [2.45, 2.75) is 42.7 Å². The normalized spacial score (nSPS) is 22.3. The van der Waals surface area contributed by atoms with E-state index in [1.807, 2.05) is 54.6 Å². The second-order valence-corrected chi connectivity index (χ2v) is 13.3. The van der Waals surface area contributed by atoms with Gasteiger partial charge in [-0.05, 0) is 47.9 Å². The van der Waals surface area contributed by atoms with E-state index < -0.39 is 59.6 Å². The average Bonchev–Trinajstić information content (AvgIpc) is 3.42. The molecule has 4 aromatic rings. The van der Waals surface area contributed by atoms with Crippen LogP contribution in [-0.4, -0.2) is 113 Å². The summed E-state index contributed by atoms with van der Waals surface area (Å²) < 4.78 is 65.2. The number of methoxy groups -OCH3 is 2. The van der Waals surface area contributed by atoms with Gasteiger partial charge in [0.2, 0.25) is 0 Å². The number of carbonyl (C=O) groups excluding carboxylic acids is 1. The Morgan fingerprint density at radius 1 is 0.870 bits per heavy atom. The molecule has 16 heteroatoms. The van der Waals surface area contributed by atoms with E-state index in [9.17, 15) is 37.8 Å². The highest BCUT2D eigenvalue weighted by Gasteiger charge is 2.57. The van der Waals surface area contributed by atoms with Gasteiger partial charge in [-0.15, -0.1) is 0 Å². The Kier molecular flexibility index (Phi) is 11.0. The molecule has 0 aliphatic carbocycles. The first-order valence-electron chi connectivity index (χ1n) is 17.2. The van der Waals surface area contributed by atoms with Gasteiger partial charge in [0.05, 0.1) is 20.8 Å². The van der Waals surface area contributed by atoms with Crippen LogP contribution in [0.1, 0.15) is 28.5 Å². The number of carbonyl (C=O) groups is 1. The van der Waals surface area contributed by atoms with E-state index in [0.29, 0.717) is 33.1 Å². The summed E-state index contributed by atoms with van der Waals surface area (Å²) in [5.41, 5.74) is -2.68. The van der Waals surface area contributed by atoms with Crippen LogP contribution in [0, 0.1) is 6.92 Å². The SMILES string of the molecule is COc1ccc(C(OC[C@@]2(CN3CCN(C(=O)C(F)(F)F)CC3)O[C@@H](n3cc(C)c(=O)[nH]c3=O)[C@H](O)[C@H]2O)(c2ccccc2)c2ccc(OC)cc2)cc1. The lowest BCUT2D eigenvalue weighted by Gasteiger charge is -2.43. The maximum atomic E-state index is 13.3. The molecule has 0 spiro atoms. The number of aromatic amines is 1. The van der Waals surface area contributed by atoms with Crippen LogP contribution >= 0.6 is 0 Å². The molecule has 54 heavy (non-hydrogen) atoms. The number of aliphatic hydroxyl groups excluding tert-OH is 2. The summed E-state index contributed by atoms with van der Waals surface area (Å²) in [6.45, 7) is 0.250. The number of aliphatic hydroxyl groups is 2. The number of amides is 1. The molecule has 6 rings (SSSR count). The molecule has 2 aliphatic heterocycles. The van der Waals surface area contributed by atoms with Crippen molar-refractivity contribution in [3.63, 3.8) is 0 Å². The number of ether oxygens (including phenoxy) is 4. The minimum Gasteiger partial charge on any atom is -0.497 e. The van der Waals surface area contributed by atoms with E-state index in [0.717, 1.165) is 4.57 Å². The van der Waals surface area contributed by atoms with E-state index in [-0.39, 0.29) is 38.3 Å². The Hall–Kier alpha value is -5.00. The zero-order valence-corrected chi connectivity index (χ0v) is 29.8. The van der Waals surface area contributed by atoms with Crippen molar-refractivity contribution in [3.8, 4) is 11.5 Å². The second-order valence-electron chi connectivity index (χ2n) is 13.3. The van der Waals surface area contributed by atoms with Gasteiger partial charge in [-0.3, -0.25) is 24.0 Å². The molecule has 3 aromatic carbocycles. The number of piperazine rings is 1. The van der Waals surface area contributed by atoms with Crippen LogP contribution in [0.4, 0.5) is 13.2 Å². The zero-order chi connectivity index (χ0) is 38.8. The highest BCUT2D eigenvalue weighted by atomic mass is 19.4.